The van der Waals surface area contributed by atoms with E-state index < -0.39 is 0 Å². The van der Waals surface area contributed by atoms with Gasteiger partial charge in [0.15, 0.2) is 0 Å². The van der Waals surface area contributed by atoms with Crippen molar-refractivity contribution in [1.82, 2.24) is 4.90 Å². The monoisotopic (exact) mass is 233 g/mol. The minimum absolute atomic E-state index is 0.278. The van der Waals surface area contributed by atoms with Crippen LogP contribution in [0.1, 0.15) is 37.4 Å². The molecule has 0 spiro atoms. The second-order valence-corrected chi connectivity index (χ2v) is 5.39. The van der Waals surface area contributed by atoms with Gasteiger partial charge in [-0.1, -0.05) is 30.3 Å². The molecule has 0 amide bonds. The first kappa shape index (κ1) is 12.6. The average Bonchev–Trinajstić information content (AvgIpc) is 2.39. The van der Waals surface area contributed by atoms with Crippen LogP contribution in [0, 0.1) is 5.92 Å². The third kappa shape index (κ3) is 3.08. The van der Waals surface area contributed by atoms with Crippen molar-refractivity contribution < 1.29 is 5.11 Å². The highest BCUT2D eigenvalue weighted by atomic mass is 16.3. The molecule has 2 heteroatoms. The molecular formula is C15H23NO. The maximum atomic E-state index is 10.4. The van der Waals surface area contributed by atoms with Gasteiger partial charge >= 0.3 is 0 Å². The van der Waals surface area contributed by atoms with Gasteiger partial charge in [0, 0.05) is 6.04 Å². The fourth-order valence-corrected chi connectivity index (χ4v) is 2.86. The highest BCUT2D eigenvalue weighted by Gasteiger charge is 2.27. The number of nitrogens with zero attached hydrogens (tertiary/aromatic N) is 1. The lowest BCUT2D eigenvalue weighted by atomic mass is 9.80. The van der Waals surface area contributed by atoms with Crippen molar-refractivity contribution in [2.45, 2.75) is 37.8 Å². The van der Waals surface area contributed by atoms with E-state index >= 15 is 0 Å². The summed E-state index contributed by atoms with van der Waals surface area (Å²) in [6.07, 6.45) is 4.42. The van der Waals surface area contributed by atoms with Gasteiger partial charge in [-0.3, -0.25) is 0 Å². The highest BCUT2D eigenvalue weighted by Crippen LogP contribution is 2.35. The third-order valence-electron chi connectivity index (χ3n) is 4.06. The number of hydrogen-bond donors (Lipinski definition) is 1. The van der Waals surface area contributed by atoms with Crippen molar-refractivity contribution >= 4 is 0 Å². The lowest BCUT2D eigenvalue weighted by molar-refractivity contribution is 0.0655. The van der Waals surface area contributed by atoms with E-state index in [0.29, 0.717) is 12.0 Å². The van der Waals surface area contributed by atoms with Crippen LogP contribution in [0.3, 0.4) is 0 Å². The lowest BCUT2D eigenvalue weighted by Crippen LogP contribution is -2.33. The Labute approximate surface area is 104 Å². The zero-order chi connectivity index (χ0) is 12.3. The standard InChI is InChI=1S/C15H23NO/c1-16(2)14-10-8-13(9-11-14)15(17)12-6-4-3-5-7-12/h3-7,13-15,17H,8-11H2,1-2H3. The Bertz CT molecular complexity index is 328. The number of aliphatic hydroxyl groups is 1. The summed E-state index contributed by atoms with van der Waals surface area (Å²) in [5, 5.41) is 10.4. The summed E-state index contributed by atoms with van der Waals surface area (Å²) in [7, 11) is 4.30. The van der Waals surface area contributed by atoms with E-state index in [1.54, 1.807) is 0 Å². The Balaban J connectivity index is 1.93. The van der Waals surface area contributed by atoms with Crippen molar-refractivity contribution in [3.63, 3.8) is 0 Å². The van der Waals surface area contributed by atoms with Crippen LogP contribution in [-0.2, 0) is 0 Å². The molecule has 1 unspecified atom stereocenters. The molecule has 0 aliphatic heterocycles. The molecule has 17 heavy (non-hydrogen) atoms. The van der Waals surface area contributed by atoms with E-state index in [-0.39, 0.29) is 6.10 Å². The largest absolute Gasteiger partial charge is 0.388 e. The van der Waals surface area contributed by atoms with Gasteiger partial charge in [0.05, 0.1) is 6.10 Å². The van der Waals surface area contributed by atoms with Crippen LogP contribution in [0.4, 0.5) is 0 Å². The van der Waals surface area contributed by atoms with E-state index in [4.69, 9.17) is 0 Å². The van der Waals surface area contributed by atoms with Crippen LogP contribution in [0.5, 0.6) is 0 Å². The summed E-state index contributed by atoms with van der Waals surface area (Å²) in [6, 6.07) is 10.8. The summed E-state index contributed by atoms with van der Waals surface area (Å²) < 4.78 is 0. The Morgan fingerprint density at radius 3 is 2.18 bits per heavy atom. The number of rotatable bonds is 3. The second-order valence-electron chi connectivity index (χ2n) is 5.39. The van der Waals surface area contributed by atoms with Crippen molar-refractivity contribution in [2.75, 3.05) is 14.1 Å². The van der Waals surface area contributed by atoms with E-state index in [1.807, 2.05) is 30.3 Å². The van der Waals surface area contributed by atoms with Gasteiger partial charge in [-0.05, 0) is 51.3 Å². The van der Waals surface area contributed by atoms with Crippen molar-refractivity contribution in [3.05, 3.63) is 35.9 Å². The zero-order valence-corrected chi connectivity index (χ0v) is 10.8. The molecule has 2 rings (SSSR count). The van der Waals surface area contributed by atoms with E-state index in [2.05, 4.69) is 19.0 Å². The Morgan fingerprint density at radius 1 is 1.06 bits per heavy atom. The summed E-state index contributed by atoms with van der Waals surface area (Å²) in [5.41, 5.74) is 1.07. The maximum absolute atomic E-state index is 10.4. The molecule has 1 aromatic carbocycles. The molecule has 1 fully saturated rings. The van der Waals surface area contributed by atoms with Crippen LogP contribution in [0.2, 0.25) is 0 Å². The van der Waals surface area contributed by atoms with Crippen LogP contribution in [-0.4, -0.2) is 30.1 Å². The average molecular weight is 233 g/mol. The Kier molecular flexibility index (Phi) is 4.19. The molecule has 1 atom stereocenters. The van der Waals surface area contributed by atoms with Gasteiger partial charge in [0.25, 0.3) is 0 Å². The fraction of sp³-hybridized carbons (Fsp3) is 0.600. The summed E-state index contributed by atoms with van der Waals surface area (Å²) in [4.78, 5) is 2.31. The molecular weight excluding hydrogens is 210 g/mol. The SMILES string of the molecule is CN(C)C1CCC(C(O)c2ccccc2)CC1. The predicted molar refractivity (Wildman–Crippen MR) is 70.8 cm³/mol. The molecule has 0 radical (unpaired) electrons. The first-order chi connectivity index (χ1) is 8.18. The van der Waals surface area contributed by atoms with E-state index in [9.17, 15) is 5.11 Å². The molecule has 0 bridgehead atoms. The van der Waals surface area contributed by atoms with E-state index in [1.165, 1.54) is 12.8 Å². The first-order valence-electron chi connectivity index (χ1n) is 6.58. The molecule has 1 saturated carbocycles. The van der Waals surface area contributed by atoms with Crippen LogP contribution < -0.4 is 0 Å². The van der Waals surface area contributed by atoms with Gasteiger partial charge in [-0.25, -0.2) is 0 Å². The molecule has 1 N–H and O–H groups in total. The molecule has 1 aliphatic carbocycles. The molecule has 0 aromatic heterocycles. The van der Waals surface area contributed by atoms with Gasteiger partial charge in [-0.15, -0.1) is 0 Å². The summed E-state index contributed by atoms with van der Waals surface area (Å²) in [5.74, 6) is 0.439. The topological polar surface area (TPSA) is 23.5 Å². The minimum atomic E-state index is -0.278. The van der Waals surface area contributed by atoms with Crippen LogP contribution in [0.15, 0.2) is 30.3 Å². The van der Waals surface area contributed by atoms with Crippen molar-refractivity contribution in [2.24, 2.45) is 5.92 Å². The Morgan fingerprint density at radius 2 is 1.65 bits per heavy atom. The van der Waals surface area contributed by atoms with Crippen molar-refractivity contribution in [1.29, 1.82) is 0 Å². The number of benzene rings is 1. The zero-order valence-electron chi connectivity index (χ0n) is 10.8. The second kappa shape index (κ2) is 5.65. The molecule has 0 heterocycles. The van der Waals surface area contributed by atoms with Crippen LogP contribution in [0.25, 0.3) is 0 Å². The maximum Gasteiger partial charge on any atom is 0.0818 e. The van der Waals surface area contributed by atoms with E-state index in [0.717, 1.165) is 18.4 Å². The van der Waals surface area contributed by atoms with Gasteiger partial charge < -0.3 is 10.0 Å². The molecule has 2 nitrogen and oxygen atoms in total. The molecule has 1 aliphatic rings. The molecule has 1 aromatic rings. The quantitative estimate of drug-likeness (QED) is 0.867. The normalized spacial score (nSPS) is 27.1. The number of hydrogen-bond acceptors (Lipinski definition) is 2. The van der Waals surface area contributed by atoms with Crippen LogP contribution >= 0.6 is 0 Å². The Hall–Kier alpha value is -0.860. The molecule has 0 saturated heterocycles. The van der Waals surface area contributed by atoms with Crippen molar-refractivity contribution in [3.8, 4) is 0 Å². The van der Waals surface area contributed by atoms with Gasteiger partial charge in [0.1, 0.15) is 0 Å². The molecule has 94 valence electrons. The smallest absolute Gasteiger partial charge is 0.0818 e. The van der Waals surface area contributed by atoms with Gasteiger partial charge in [0.2, 0.25) is 0 Å². The fourth-order valence-electron chi connectivity index (χ4n) is 2.86. The predicted octanol–water partition coefficient (Wildman–Crippen LogP) is 2.84. The van der Waals surface area contributed by atoms with Gasteiger partial charge in [-0.2, -0.15) is 0 Å². The first-order valence-corrected chi connectivity index (χ1v) is 6.58. The lowest BCUT2D eigenvalue weighted by Gasteiger charge is -2.34. The highest BCUT2D eigenvalue weighted by molar-refractivity contribution is 5.18. The summed E-state index contributed by atoms with van der Waals surface area (Å²) in [6.45, 7) is 0. The minimum Gasteiger partial charge on any atom is -0.388 e. The third-order valence-corrected chi connectivity index (χ3v) is 4.06. The summed E-state index contributed by atoms with van der Waals surface area (Å²) >= 11 is 0. The number of aliphatic hydroxyl groups excluding tert-OH is 1.